The molecule has 1 amide bonds. The van der Waals surface area contributed by atoms with Gasteiger partial charge in [-0.15, -0.1) is 0 Å². The van der Waals surface area contributed by atoms with E-state index in [0.717, 1.165) is 6.42 Å². The highest BCUT2D eigenvalue weighted by Gasteiger charge is 2.05. The van der Waals surface area contributed by atoms with Crippen LogP contribution in [0.5, 0.6) is 0 Å². The van der Waals surface area contributed by atoms with Gasteiger partial charge in [-0.05, 0) is 19.3 Å². The van der Waals surface area contributed by atoms with E-state index in [-0.39, 0.29) is 12.0 Å². The first-order valence-electron chi connectivity index (χ1n) is 3.94. The monoisotopic (exact) mass is 159 g/mol. The molecule has 0 aromatic heterocycles. The largest absolute Gasteiger partial charge is 0.273 e. The van der Waals surface area contributed by atoms with Crippen LogP contribution in [0.2, 0.25) is 0 Å². The van der Waals surface area contributed by atoms with Crippen LogP contribution in [-0.4, -0.2) is 12.0 Å². The Morgan fingerprint density at radius 1 is 1.45 bits per heavy atom. The molecule has 1 unspecified atom stereocenters. The van der Waals surface area contributed by atoms with E-state index in [1.54, 1.807) is 0 Å². The van der Waals surface area contributed by atoms with E-state index in [9.17, 15) is 4.79 Å². The molecule has 0 radical (unpaired) electrons. The van der Waals surface area contributed by atoms with Gasteiger partial charge in [0.05, 0.1) is 6.10 Å². The van der Waals surface area contributed by atoms with E-state index in [4.69, 9.17) is 4.84 Å². The summed E-state index contributed by atoms with van der Waals surface area (Å²) < 4.78 is 0. The van der Waals surface area contributed by atoms with Gasteiger partial charge in [-0.2, -0.15) is 0 Å². The van der Waals surface area contributed by atoms with E-state index in [1.165, 1.54) is 6.92 Å². The minimum absolute atomic E-state index is 0.0962. The summed E-state index contributed by atoms with van der Waals surface area (Å²) >= 11 is 0. The topological polar surface area (TPSA) is 38.3 Å². The van der Waals surface area contributed by atoms with Crippen LogP contribution in [0.15, 0.2) is 0 Å². The van der Waals surface area contributed by atoms with Crippen LogP contribution >= 0.6 is 0 Å². The average molecular weight is 159 g/mol. The predicted molar refractivity (Wildman–Crippen MR) is 43.8 cm³/mol. The van der Waals surface area contributed by atoms with Crippen molar-refractivity contribution < 1.29 is 9.63 Å². The molecule has 0 saturated carbocycles. The molecule has 0 heterocycles. The van der Waals surface area contributed by atoms with E-state index < -0.39 is 0 Å². The van der Waals surface area contributed by atoms with Gasteiger partial charge in [-0.1, -0.05) is 13.8 Å². The standard InChI is InChI=1S/C8H17NO2/c1-6(2)5-7(3)11-9-8(4)10/h6-7H,5H2,1-4H3,(H,9,10). The molecule has 0 aromatic carbocycles. The number of nitrogens with one attached hydrogen (secondary N) is 1. The molecule has 0 rings (SSSR count). The van der Waals surface area contributed by atoms with Gasteiger partial charge < -0.3 is 0 Å². The molecule has 0 aliphatic rings. The molecule has 66 valence electrons. The molecule has 0 spiro atoms. The van der Waals surface area contributed by atoms with Crippen LogP contribution < -0.4 is 5.48 Å². The second-order valence-electron chi connectivity index (χ2n) is 3.22. The fourth-order valence-electron chi connectivity index (χ4n) is 0.896. The van der Waals surface area contributed by atoms with Crippen LogP contribution in [0, 0.1) is 5.92 Å². The molecule has 11 heavy (non-hydrogen) atoms. The summed E-state index contributed by atoms with van der Waals surface area (Å²) in [6, 6.07) is 0. The van der Waals surface area contributed by atoms with Gasteiger partial charge in [-0.3, -0.25) is 9.63 Å². The Hall–Kier alpha value is -0.570. The van der Waals surface area contributed by atoms with Crippen LogP contribution in [-0.2, 0) is 9.63 Å². The first-order chi connectivity index (χ1) is 5.02. The van der Waals surface area contributed by atoms with Crippen molar-refractivity contribution in [1.82, 2.24) is 5.48 Å². The third-order valence-electron chi connectivity index (χ3n) is 1.21. The number of rotatable bonds is 4. The van der Waals surface area contributed by atoms with Crippen molar-refractivity contribution in [2.24, 2.45) is 5.92 Å². The van der Waals surface area contributed by atoms with Crippen molar-refractivity contribution in [3.05, 3.63) is 0 Å². The molecule has 0 aliphatic heterocycles. The molecule has 0 bridgehead atoms. The third kappa shape index (κ3) is 7.33. The van der Waals surface area contributed by atoms with Crippen LogP contribution in [0.3, 0.4) is 0 Å². The Kier molecular flexibility index (Phi) is 4.86. The Morgan fingerprint density at radius 3 is 2.36 bits per heavy atom. The number of carbonyl (C=O) groups excluding carboxylic acids is 1. The smallest absolute Gasteiger partial charge is 0.240 e. The van der Waals surface area contributed by atoms with Crippen molar-refractivity contribution in [3.63, 3.8) is 0 Å². The summed E-state index contributed by atoms with van der Waals surface area (Å²) in [4.78, 5) is 15.4. The Morgan fingerprint density at radius 2 is 2.00 bits per heavy atom. The second-order valence-corrected chi connectivity index (χ2v) is 3.22. The molecule has 0 aliphatic carbocycles. The van der Waals surface area contributed by atoms with Crippen molar-refractivity contribution in [2.75, 3.05) is 0 Å². The summed E-state index contributed by atoms with van der Waals surface area (Å²) in [5.74, 6) is 0.444. The Balaban J connectivity index is 3.37. The fourth-order valence-corrected chi connectivity index (χ4v) is 0.896. The molecule has 0 aromatic rings. The molecule has 1 N–H and O–H groups in total. The molecule has 3 heteroatoms. The average Bonchev–Trinajstić information content (AvgIpc) is 1.82. The first kappa shape index (κ1) is 10.4. The zero-order valence-corrected chi connectivity index (χ0v) is 7.68. The summed E-state index contributed by atoms with van der Waals surface area (Å²) in [5, 5.41) is 0. The zero-order chi connectivity index (χ0) is 8.85. The van der Waals surface area contributed by atoms with E-state index in [1.807, 2.05) is 6.92 Å². The first-order valence-corrected chi connectivity index (χ1v) is 3.94. The third-order valence-corrected chi connectivity index (χ3v) is 1.21. The molecule has 3 nitrogen and oxygen atoms in total. The number of hydroxylamine groups is 1. The van der Waals surface area contributed by atoms with Crippen molar-refractivity contribution in [2.45, 2.75) is 40.2 Å². The van der Waals surface area contributed by atoms with Crippen LogP contribution in [0.4, 0.5) is 0 Å². The molecule has 0 fully saturated rings. The number of amides is 1. The Labute approximate surface area is 68.1 Å². The lowest BCUT2D eigenvalue weighted by Gasteiger charge is -2.13. The van der Waals surface area contributed by atoms with Gasteiger partial charge in [0.1, 0.15) is 0 Å². The van der Waals surface area contributed by atoms with Gasteiger partial charge in [0.2, 0.25) is 5.91 Å². The summed E-state index contributed by atoms with van der Waals surface area (Å²) in [6.07, 6.45) is 1.05. The molecular weight excluding hydrogens is 142 g/mol. The SMILES string of the molecule is CC(=O)NOC(C)CC(C)C. The van der Waals surface area contributed by atoms with E-state index in [2.05, 4.69) is 19.3 Å². The summed E-state index contributed by atoms with van der Waals surface area (Å²) in [6.45, 7) is 7.61. The molecule has 0 saturated heterocycles. The zero-order valence-electron chi connectivity index (χ0n) is 7.68. The maximum atomic E-state index is 10.4. The highest BCUT2D eigenvalue weighted by molar-refractivity contribution is 5.71. The highest BCUT2D eigenvalue weighted by Crippen LogP contribution is 2.05. The maximum absolute atomic E-state index is 10.4. The van der Waals surface area contributed by atoms with Crippen molar-refractivity contribution in [3.8, 4) is 0 Å². The second kappa shape index (κ2) is 5.13. The lowest BCUT2D eigenvalue weighted by molar-refractivity contribution is -0.136. The fraction of sp³-hybridized carbons (Fsp3) is 0.875. The number of carbonyl (C=O) groups is 1. The summed E-state index contributed by atoms with van der Waals surface area (Å²) in [7, 11) is 0. The van der Waals surface area contributed by atoms with Gasteiger partial charge in [-0.25, -0.2) is 5.48 Å². The lowest BCUT2D eigenvalue weighted by Crippen LogP contribution is -2.26. The van der Waals surface area contributed by atoms with Crippen LogP contribution in [0.1, 0.15) is 34.1 Å². The predicted octanol–water partition coefficient (Wildman–Crippen LogP) is 1.49. The summed E-state index contributed by atoms with van der Waals surface area (Å²) in [5.41, 5.74) is 2.31. The van der Waals surface area contributed by atoms with Gasteiger partial charge >= 0.3 is 0 Å². The van der Waals surface area contributed by atoms with E-state index >= 15 is 0 Å². The normalized spacial score (nSPS) is 13.2. The molecular formula is C8H17NO2. The van der Waals surface area contributed by atoms with Crippen molar-refractivity contribution >= 4 is 5.91 Å². The highest BCUT2D eigenvalue weighted by atomic mass is 16.7. The lowest BCUT2D eigenvalue weighted by atomic mass is 10.1. The minimum atomic E-state index is -0.152. The maximum Gasteiger partial charge on any atom is 0.240 e. The van der Waals surface area contributed by atoms with Crippen LogP contribution in [0.25, 0.3) is 0 Å². The van der Waals surface area contributed by atoms with E-state index in [0.29, 0.717) is 5.92 Å². The number of hydrogen-bond donors (Lipinski definition) is 1. The molecule has 1 atom stereocenters. The van der Waals surface area contributed by atoms with Gasteiger partial charge in [0, 0.05) is 6.92 Å². The van der Waals surface area contributed by atoms with Gasteiger partial charge in [0.25, 0.3) is 0 Å². The van der Waals surface area contributed by atoms with Gasteiger partial charge in [0.15, 0.2) is 0 Å². The Bertz CT molecular complexity index is 123. The quantitative estimate of drug-likeness (QED) is 0.631. The number of hydrogen-bond acceptors (Lipinski definition) is 2. The van der Waals surface area contributed by atoms with Crippen molar-refractivity contribution in [1.29, 1.82) is 0 Å². The minimum Gasteiger partial charge on any atom is -0.273 e.